The van der Waals surface area contributed by atoms with E-state index in [1.807, 2.05) is 13.8 Å². The number of rotatable bonds is 6. The van der Waals surface area contributed by atoms with Crippen LogP contribution in [0.1, 0.15) is 25.8 Å². The van der Waals surface area contributed by atoms with Gasteiger partial charge < -0.3 is 10.0 Å². The fourth-order valence-corrected chi connectivity index (χ4v) is 1.97. The van der Waals surface area contributed by atoms with E-state index < -0.39 is 10.9 Å². The second-order valence-electron chi connectivity index (χ2n) is 4.46. The molecule has 0 saturated heterocycles. The van der Waals surface area contributed by atoms with Crippen LogP contribution >= 0.6 is 0 Å². The second-order valence-corrected chi connectivity index (χ2v) is 4.46. The average Bonchev–Trinajstić information content (AvgIpc) is 2.35. The molecule has 1 aromatic rings. The number of carbonyl (C=O) groups is 1. The number of hydrogen-bond donors (Lipinski definition) is 1. The Morgan fingerprint density at radius 1 is 1.53 bits per heavy atom. The first kappa shape index (κ1) is 14.9. The Kier molecular flexibility index (Phi) is 4.86. The summed E-state index contributed by atoms with van der Waals surface area (Å²) < 4.78 is 0. The summed E-state index contributed by atoms with van der Waals surface area (Å²) in [6.07, 6.45) is 0.759. The van der Waals surface area contributed by atoms with E-state index >= 15 is 0 Å². The third-order valence-electron chi connectivity index (χ3n) is 3.21. The van der Waals surface area contributed by atoms with Crippen LogP contribution in [0.5, 0.6) is 0 Å². The average molecular weight is 266 g/mol. The third kappa shape index (κ3) is 3.43. The SMILES string of the molecule is CCC(C)N(CC(=O)O)c1cccc([N+](=O)[O-])c1C. The predicted molar refractivity (Wildman–Crippen MR) is 72.6 cm³/mol. The molecule has 0 heterocycles. The van der Waals surface area contributed by atoms with E-state index in [9.17, 15) is 14.9 Å². The van der Waals surface area contributed by atoms with Crippen LogP contribution in [-0.4, -0.2) is 28.6 Å². The lowest BCUT2D eigenvalue weighted by molar-refractivity contribution is -0.385. The van der Waals surface area contributed by atoms with E-state index in [1.54, 1.807) is 24.0 Å². The van der Waals surface area contributed by atoms with Crippen molar-refractivity contribution in [1.29, 1.82) is 0 Å². The minimum absolute atomic E-state index is 0.00296. The highest BCUT2D eigenvalue weighted by molar-refractivity contribution is 5.75. The van der Waals surface area contributed by atoms with Gasteiger partial charge in [0.05, 0.1) is 10.5 Å². The zero-order chi connectivity index (χ0) is 14.6. The normalized spacial score (nSPS) is 11.9. The lowest BCUT2D eigenvalue weighted by Gasteiger charge is -2.30. The molecule has 0 saturated carbocycles. The van der Waals surface area contributed by atoms with Gasteiger partial charge in [0.25, 0.3) is 5.69 Å². The number of aliphatic carboxylic acids is 1. The van der Waals surface area contributed by atoms with Crippen molar-refractivity contribution in [2.45, 2.75) is 33.2 Å². The van der Waals surface area contributed by atoms with Gasteiger partial charge in [0.2, 0.25) is 0 Å². The molecular weight excluding hydrogens is 248 g/mol. The Labute approximate surface area is 111 Å². The number of anilines is 1. The largest absolute Gasteiger partial charge is 0.480 e. The van der Waals surface area contributed by atoms with Crippen LogP contribution in [0.2, 0.25) is 0 Å². The number of hydrogen-bond acceptors (Lipinski definition) is 4. The van der Waals surface area contributed by atoms with Crippen molar-refractivity contribution in [3.8, 4) is 0 Å². The van der Waals surface area contributed by atoms with Crippen LogP contribution in [0.4, 0.5) is 11.4 Å². The maximum absolute atomic E-state index is 11.0. The summed E-state index contributed by atoms with van der Waals surface area (Å²) in [6, 6.07) is 4.72. The molecule has 6 nitrogen and oxygen atoms in total. The maximum Gasteiger partial charge on any atom is 0.323 e. The molecule has 0 aromatic heterocycles. The second kappa shape index (κ2) is 6.17. The Hall–Kier alpha value is -2.11. The first-order valence-corrected chi connectivity index (χ1v) is 6.10. The molecule has 0 aliphatic carbocycles. The van der Waals surface area contributed by atoms with Crippen LogP contribution in [-0.2, 0) is 4.79 Å². The first-order valence-electron chi connectivity index (χ1n) is 6.10. The van der Waals surface area contributed by atoms with Gasteiger partial charge in [-0.15, -0.1) is 0 Å². The van der Waals surface area contributed by atoms with Gasteiger partial charge in [-0.25, -0.2) is 0 Å². The highest BCUT2D eigenvalue weighted by Crippen LogP contribution is 2.29. The monoisotopic (exact) mass is 266 g/mol. The quantitative estimate of drug-likeness (QED) is 0.632. The van der Waals surface area contributed by atoms with Crippen molar-refractivity contribution >= 4 is 17.3 Å². The zero-order valence-corrected chi connectivity index (χ0v) is 11.3. The van der Waals surface area contributed by atoms with Gasteiger partial charge in [0, 0.05) is 17.8 Å². The Morgan fingerprint density at radius 2 is 2.16 bits per heavy atom. The molecule has 19 heavy (non-hydrogen) atoms. The Morgan fingerprint density at radius 3 is 2.63 bits per heavy atom. The van der Waals surface area contributed by atoms with Crippen molar-refractivity contribution in [2.24, 2.45) is 0 Å². The van der Waals surface area contributed by atoms with E-state index in [4.69, 9.17) is 5.11 Å². The molecule has 0 spiro atoms. The van der Waals surface area contributed by atoms with Crippen LogP contribution in [0.3, 0.4) is 0 Å². The molecule has 104 valence electrons. The molecule has 0 bridgehead atoms. The summed E-state index contributed by atoms with van der Waals surface area (Å²) in [4.78, 5) is 23.1. The van der Waals surface area contributed by atoms with Crippen LogP contribution in [0.15, 0.2) is 18.2 Å². The third-order valence-corrected chi connectivity index (χ3v) is 3.21. The lowest BCUT2D eigenvalue weighted by atomic mass is 10.1. The number of nitro groups is 1. The van der Waals surface area contributed by atoms with Crippen molar-refractivity contribution in [1.82, 2.24) is 0 Å². The van der Waals surface area contributed by atoms with Crippen molar-refractivity contribution in [3.63, 3.8) is 0 Å². The molecule has 0 aliphatic rings. The van der Waals surface area contributed by atoms with Crippen molar-refractivity contribution < 1.29 is 14.8 Å². The highest BCUT2D eigenvalue weighted by atomic mass is 16.6. The van der Waals surface area contributed by atoms with E-state index in [0.29, 0.717) is 11.3 Å². The lowest BCUT2D eigenvalue weighted by Crippen LogP contribution is -2.37. The van der Waals surface area contributed by atoms with Gasteiger partial charge in [0.1, 0.15) is 6.54 Å². The number of carboxylic acid groups (broad SMARTS) is 1. The maximum atomic E-state index is 11.0. The molecule has 0 amide bonds. The topological polar surface area (TPSA) is 83.7 Å². The summed E-state index contributed by atoms with van der Waals surface area (Å²) in [5, 5.41) is 19.9. The van der Waals surface area contributed by atoms with Crippen molar-refractivity contribution in [3.05, 3.63) is 33.9 Å². The van der Waals surface area contributed by atoms with Crippen LogP contribution < -0.4 is 4.90 Å². The van der Waals surface area contributed by atoms with E-state index in [2.05, 4.69) is 0 Å². The number of nitrogens with zero attached hydrogens (tertiary/aromatic N) is 2. The van der Waals surface area contributed by atoms with Gasteiger partial charge in [-0.2, -0.15) is 0 Å². The Balaban J connectivity index is 3.26. The van der Waals surface area contributed by atoms with E-state index in [1.165, 1.54) is 6.07 Å². The summed E-state index contributed by atoms with van der Waals surface area (Å²) in [5.74, 6) is -0.953. The van der Waals surface area contributed by atoms with Gasteiger partial charge >= 0.3 is 5.97 Å². The fourth-order valence-electron chi connectivity index (χ4n) is 1.97. The summed E-state index contributed by atoms with van der Waals surface area (Å²) >= 11 is 0. The van der Waals surface area contributed by atoms with E-state index in [0.717, 1.165) is 6.42 Å². The molecule has 0 fully saturated rings. The summed E-state index contributed by atoms with van der Waals surface area (Å²) in [6.45, 7) is 5.33. The Bertz CT molecular complexity index is 488. The van der Waals surface area contributed by atoms with Crippen molar-refractivity contribution in [2.75, 3.05) is 11.4 Å². The summed E-state index contributed by atoms with van der Waals surface area (Å²) in [7, 11) is 0. The summed E-state index contributed by atoms with van der Waals surface area (Å²) in [5.41, 5.74) is 1.11. The van der Waals surface area contributed by atoms with Gasteiger partial charge in [0.15, 0.2) is 0 Å². The number of carboxylic acids is 1. The molecule has 0 aliphatic heterocycles. The molecule has 1 unspecified atom stereocenters. The van der Waals surface area contributed by atoms with Gasteiger partial charge in [-0.05, 0) is 26.3 Å². The number of nitro benzene ring substituents is 1. The zero-order valence-electron chi connectivity index (χ0n) is 11.3. The molecule has 6 heteroatoms. The number of benzene rings is 1. The fraction of sp³-hybridized carbons (Fsp3) is 0.462. The molecular formula is C13H18N2O4. The minimum Gasteiger partial charge on any atom is -0.480 e. The molecule has 1 rings (SSSR count). The molecule has 0 radical (unpaired) electrons. The van der Waals surface area contributed by atoms with E-state index in [-0.39, 0.29) is 18.3 Å². The smallest absolute Gasteiger partial charge is 0.323 e. The van der Waals surface area contributed by atoms with Crippen LogP contribution in [0.25, 0.3) is 0 Å². The van der Waals surface area contributed by atoms with Gasteiger partial charge in [-0.3, -0.25) is 14.9 Å². The molecule has 1 N–H and O–H groups in total. The highest BCUT2D eigenvalue weighted by Gasteiger charge is 2.22. The van der Waals surface area contributed by atoms with Crippen LogP contribution in [0, 0.1) is 17.0 Å². The predicted octanol–water partition coefficient (Wildman–Crippen LogP) is 2.59. The standard InChI is InChI=1S/C13H18N2O4/c1-4-9(2)14(8-13(16)17)11-6-5-7-12(10(11)3)15(18)19/h5-7,9H,4,8H2,1-3H3,(H,16,17). The molecule has 1 aromatic carbocycles. The van der Waals surface area contributed by atoms with Gasteiger partial charge in [-0.1, -0.05) is 13.0 Å². The first-order chi connectivity index (χ1) is 8.88. The minimum atomic E-state index is -0.953. The molecule has 1 atom stereocenters.